The smallest absolute Gasteiger partial charge is 0.340 e. The predicted octanol–water partition coefficient (Wildman–Crippen LogP) is 5.72. The fraction of sp³-hybridized carbons (Fsp3) is 0.0968. The number of para-hydroxylation sites is 2. The number of hydrogen-bond acceptors (Lipinski definition) is 5. The number of esters is 1. The third kappa shape index (κ3) is 4.21. The highest BCUT2D eigenvalue weighted by atomic mass is 16.5. The number of benzene rings is 3. The summed E-state index contributed by atoms with van der Waals surface area (Å²) in [6.45, 7) is 3.72. The SMILES string of the molecule is CCOC(=O)c1cc2c(-c3ccccc3)nn(-c3ccccc3)c2nc1-c1c(C)[nH]n(-c2ccccc2)c1=O. The summed E-state index contributed by atoms with van der Waals surface area (Å²) >= 11 is 0. The zero-order valence-electron chi connectivity index (χ0n) is 21.5. The highest BCUT2D eigenvalue weighted by molar-refractivity contribution is 6.03. The second-order valence-electron chi connectivity index (χ2n) is 9.03. The summed E-state index contributed by atoms with van der Waals surface area (Å²) < 4.78 is 8.62. The molecule has 192 valence electrons. The fourth-order valence-corrected chi connectivity index (χ4v) is 4.74. The lowest BCUT2D eigenvalue weighted by molar-refractivity contribution is 0.0527. The Bertz CT molecular complexity index is 1850. The van der Waals surface area contributed by atoms with Gasteiger partial charge in [0.2, 0.25) is 0 Å². The molecule has 0 unspecified atom stereocenters. The van der Waals surface area contributed by atoms with Gasteiger partial charge in [-0.3, -0.25) is 9.89 Å². The molecule has 0 aliphatic rings. The molecule has 0 bridgehead atoms. The molecule has 6 rings (SSSR count). The van der Waals surface area contributed by atoms with Crippen molar-refractivity contribution in [3.8, 4) is 33.9 Å². The zero-order valence-corrected chi connectivity index (χ0v) is 21.5. The van der Waals surface area contributed by atoms with Crippen LogP contribution in [0.1, 0.15) is 23.0 Å². The van der Waals surface area contributed by atoms with E-state index in [0.717, 1.165) is 11.3 Å². The first-order valence-corrected chi connectivity index (χ1v) is 12.7. The molecule has 0 aliphatic carbocycles. The van der Waals surface area contributed by atoms with E-state index in [9.17, 15) is 9.59 Å². The minimum Gasteiger partial charge on any atom is -0.462 e. The van der Waals surface area contributed by atoms with E-state index >= 15 is 0 Å². The Hall–Kier alpha value is -5.24. The Morgan fingerprint density at radius 1 is 0.872 bits per heavy atom. The van der Waals surface area contributed by atoms with Gasteiger partial charge in [0.15, 0.2) is 5.65 Å². The van der Waals surface area contributed by atoms with Crippen LogP contribution in [-0.4, -0.2) is 37.1 Å². The minimum absolute atomic E-state index is 0.186. The molecule has 3 aromatic carbocycles. The van der Waals surface area contributed by atoms with Crippen LogP contribution >= 0.6 is 0 Å². The average Bonchev–Trinajstić information content (AvgIpc) is 3.50. The normalized spacial score (nSPS) is 11.1. The highest BCUT2D eigenvalue weighted by Gasteiger charge is 2.26. The molecule has 0 spiro atoms. The van der Waals surface area contributed by atoms with Crippen molar-refractivity contribution >= 4 is 17.0 Å². The van der Waals surface area contributed by atoms with Gasteiger partial charge in [0.25, 0.3) is 5.56 Å². The Morgan fingerprint density at radius 2 is 1.49 bits per heavy atom. The maximum absolute atomic E-state index is 13.8. The molecule has 0 radical (unpaired) electrons. The first-order valence-electron chi connectivity index (χ1n) is 12.7. The van der Waals surface area contributed by atoms with E-state index in [1.165, 1.54) is 4.68 Å². The van der Waals surface area contributed by atoms with Crippen molar-refractivity contribution < 1.29 is 9.53 Å². The van der Waals surface area contributed by atoms with Gasteiger partial charge in [-0.25, -0.2) is 19.1 Å². The second-order valence-corrected chi connectivity index (χ2v) is 9.03. The van der Waals surface area contributed by atoms with Crippen molar-refractivity contribution in [2.75, 3.05) is 6.61 Å². The van der Waals surface area contributed by atoms with E-state index in [1.807, 2.05) is 91.0 Å². The van der Waals surface area contributed by atoms with Crippen LogP contribution < -0.4 is 5.56 Å². The molecule has 0 saturated carbocycles. The molecule has 1 N–H and O–H groups in total. The van der Waals surface area contributed by atoms with Gasteiger partial charge in [-0.1, -0.05) is 66.7 Å². The molecule has 0 saturated heterocycles. The summed E-state index contributed by atoms with van der Waals surface area (Å²) in [5.41, 5.74) is 4.56. The van der Waals surface area contributed by atoms with Crippen LogP contribution in [0.4, 0.5) is 0 Å². The average molecular weight is 516 g/mol. The number of nitrogens with one attached hydrogen (secondary N) is 1. The lowest BCUT2D eigenvalue weighted by Gasteiger charge is -2.09. The van der Waals surface area contributed by atoms with Gasteiger partial charge in [0.1, 0.15) is 5.69 Å². The van der Waals surface area contributed by atoms with E-state index < -0.39 is 5.97 Å². The maximum atomic E-state index is 13.8. The molecule has 0 fully saturated rings. The third-order valence-corrected chi connectivity index (χ3v) is 6.52. The van der Waals surface area contributed by atoms with Gasteiger partial charge in [-0.15, -0.1) is 0 Å². The Kier molecular flexibility index (Phi) is 6.13. The predicted molar refractivity (Wildman–Crippen MR) is 150 cm³/mol. The summed E-state index contributed by atoms with van der Waals surface area (Å²) in [7, 11) is 0. The van der Waals surface area contributed by atoms with Crippen LogP contribution in [0.2, 0.25) is 0 Å². The van der Waals surface area contributed by atoms with Crippen LogP contribution in [0.25, 0.3) is 44.9 Å². The third-order valence-electron chi connectivity index (χ3n) is 6.52. The number of aryl methyl sites for hydroxylation is 1. The molecule has 6 aromatic rings. The van der Waals surface area contributed by atoms with Crippen molar-refractivity contribution in [1.29, 1.82) is 0 Å². The van der Waals surface area contributed by atoms with E-state index in [2.05, 4.69) is 5.10 Å². The minimum atomic E-state index is -0.556. The maximum Gasteiger partial charge on any atom is 0.340 e. The van der Waals surface area contributed by atoms with Crippen LogP contribution in [-0.2, 0) is 4.74 Å². The fourth-order valence-electron chi connectivity index (χ4n) is 4.74. The molecule has 0 atom stereocenters. The van der Waals surface area contributed by atoms with E-state index in [0.29, 0.717) is 33.7 Å². The van der Waals surface area contributed by atoms with Crippen LogP contribution in [0.3, 0.4) is 0 Å². The lowest BCUT2D eigenvalue weighted by Crippen LogP contribution is -2.17. The van der Waals surface area contributed by atoms with Crippen molar-refractivity contribution in [3.05, 3.63) is 119 Å². The van der Waals surface area contributed by atoms with Crippen LogP contribution in [0.15, 0.2) is 102 Å². The van der Waals surface area contributed by atoms with Crippen molar-refractivity contribution in [2.45, 2.75) is 13.8 Å². The molecule has 39 heavy (non-hydrogen) atoms. The largest absolute Gasteiger partial charge is 0.462 e. The number of fused-ring (bicyclic) bond motifs is 1. The van der Waals surface area contributed by atoms with Gasteiger partial charge in [0, 0.05) is 16.6 Å². The quantitative estimate of drug-likeness (QED) is 0.286. The van der Waals surface area contributed by atoms with Crippen molar-refractivity contribution in [3.63, 3.8) is 0 Å². The van der Waals surface area contributed by atoms with E-state index in [-0.39, 0.29) is 23.4 Å². The molecule has 0 amide bonds. The molecular weight excluding hydrogens is 490 g/mol. The monoisotopic (exact) mass is 515 g/mol. The number of aromatic nitrogens is 5. The summed E-state index contributed by atoms with van der Waals surface area (Å²) in [6, 6.07) is 30.4. The number of ether oxygens (including phenoxy) is 1. The molecule has 8 nitrogen and oxygen atoms in total. The number of H-pyrrole nitrogens is 1. The zero-order chi connectivity index (χ0) is 26.9. The Labute approximate surface area is 224 Å². The first-order chi connectivity index (χ1) is 19.1. The first kappa shape index (κ1) is 24.1. The van der Waals surface area contributed by atoms with E-state index in [4.69, 9.17) is 14.8 Å². The van der Waals surface area contributed by atoms with Crippen LogP contribution in [0.5, 0.6) is 0 Å². The molecule has 8 heteroatoms. The number of rotatable bonds is 6. The number of aromatic amines is 1. The molecule has 3 aromatic heterocycles. The van der Waals surface area contributed by atoms with Gasteiger partial charge in [0.05, 0.1) is 34.8 Å². The molecule has 0 aliphatic heterocycles. The summed E-state index contributed by atoms with van der Waals surface area (Å²) in [4.78, 5) is 32.0. The van der Waals surface area contributed by atoms with Gasteiger partial charge in [-0.05, 0) is 44.2 Å². The number of carbonyl (C=O) groups is 1. The number of hydrogen-bond donors (Lipinski definition) is 1. The summed E-state index contributed by atoms with van der Waals surface area (Å²) in [5.74, 6) is -0.556. The molecule has 3 heterocycles. The standard InChI is InChI=1S/C31H25N5O3/c1-3-39-31(38)25-19-24-27(21-13-7-4-8-14-21)34-35(22-15-9-5-10-16-22)29(24)32-28(25)26-20(2)33-36(30(26)37)23-17-11-6-12-18-23/h4-19,33H,3H2,1-2H3. The topological polar surface area (TPSA) is 94.8 Å². The number of nitrogens with zero attached hydrogens (tertiary/aromatic N) is 4. The van der Waals surface area contributed by atoms with Gasteiger partial charge < -0.3 is 4.74 Å². The summed E-state index contributed by atoms with van der Waals surface area (Å²) in [6.07, 6.45) is 0. The van der Waals surface area contributed by atoms with Gasteiger partial charge in [-0.2, -0.15) is 5.10 Å². The van der Waals surface area contributed by atoms with Crippen molar-refractivity contribution in [1.82, 2.24) is 24.5 Å². The Balaban J connectivity index is 1.68. The lowest BCUT2D eigenvalue weighted by atomic mass is 10.0. The van der Waals surface area contributed by atoms with Crippen LogP contribution in [0, 0.1) is 6.92 Å². The highest BCUT2D eigenvalue weighted by Crippen LogP contribution is 2.33. The molecular formula is C31H25N5O3. The number of carbonyl (C=O) groups excluding carboxylic acids is 1. The van der Waals surface area contributed by atoms with Crippen molar-refractivity contribution in [2.24, 2.45) is 0 Å². The van der Waals surface area contributed by atoms with E-state index in [1.54, 1.807) is 24.6 Å². The van der Waals surface area contributed by atoms with Gasteiger partial charge >= 0.3 is 5.97 Å². The number of pyridine rings is 1. The Morgan fingerprint density at radius 3 is 2.13 bits per heavy atom. The summed E-state index contributed by atoms with van der Waals surface area (Å²) in [5, 5.41) is 8.73. The second kappa shape index (κ2) is 9.90.